The van der Waals surface area contributed by atoms with Gasteiger partial charge in [-0.2, -0.15) is 0 Å². The molecule has 1 aromatic carbocycles. The van der Waals surface area contributed by atoms with Gasteiger partial charge >= 0.3 is 0 Å². The average Bonchev–Trinajstić information content (AvgIpc) is 2.40. The second-order valence-electron chi connectivity index (χ2n) is 5.70. The van der Waals surface area contributed by atoms with Crippen molar-refractivity contribution in [2.24, 2.45) is 5.41 Å². The molecule has 2 N–H and O–H groups in total. The summed E-state index contributed by atoms with van der Waals surface area (Å²) in [4.78, 5) is 11.3. The molecule has 112 valence electrons. The molecule has 1 aromatic rings. The lowest BCUT2D eigenvalue weighted by Crippen LogP contribution is -2.35. The molecule has 0 aromatic heterocycles. The topological polar surface area (TPSA) is 50.4 Å². The number of rotatable bonds is 9. The fraction of sp³-hybridized carbons (Fsp3) is 0.562. The van der Waals surface area contributed by atoms with Crippen LogP contribution in [0.1, 0.15) is 26.3 Å². The Morgan fingerprint density at radius 2 is 1.95 bits per heavy atom. The van der Waals surface area contributed by atoms with Crippen LogP contribution in [0, 0.1) is 5.41 Å². The number of nitrogens with one attached hydrogen (secondary N) is 2. The van der Waals surface area contributed by atoms with Gasteiger partial charge in [0.25, 0.3) is 0 Å². The SMILES string of the molecule is CCNC(=O)COCC(C)(C)CNCc1ccccc1. The van der Waals surface area contributed by atoms with Gasteiger partial charge in [0.2, 0.25) is 5.91 Å². The van der Waals surface area contributed by atoms with Gasteiger partial charge in [0.1, 0.15) is 6.61 Å². The summed E-state index contributed by atoms with van der Waals surface area (Å²) < 4.78 is 5.46. The van der Waals surface area contributed by atoms with Crippen LogP contribution in [0.25, 0.3) is 0 Å². The highest BCUT2D eigenvalue weighted by Crippen LogP contribution is 2.14. The number of benzene rings is 1. The third-order valence-electron chi connectivity index (χ3n) is 2.88. The lowest BCUT2D eigenvalue weighted by molar-refractivity contribution is -0.126. The highest BCUT2D eigenvalue weighted by molar-refractivity contribution is 5.77. The van der Waals surface area contributed by atoms with Gasteiger partial charge in [0.15, 0.2) is 0 Å². The van der Waals surface area contributed by atoms with E-state index in [1.807, 2.05) is 25.1 Å². The Labute approximate surface area is 121 Å². The van der Waals surface area contributed by atoms with Crippen molar-refractivity contribution in [2.75, 3.05) is 26.3 Å². The van der Waals surface area contributed by atoms with Gasteiger partial charge in [-0.15, -0.1) is 0 Å². The Balaban J connectivity index is 2.19. The van der Waals surface area contributed by atoms with E-state index in [0.717, 1.165) is 13.1 Å². The first kappa shape index (κ1) is 16.7. The van der Waals surface area contributed by atoms with E-state index >= 15 is 0 Å². The van der Waals surface area contributed by atoms with E-state index in [0.29, 0.717) is 13.2 Å². The summed E-state index contributed by atoms with van der Waals surface area (Å²) in [5.74, 6) is -0.0551. The minimum atomic E-state index is -0.0551. The maximum Gasteiger partial charge on any atom is 0.245 e. The summed E-state index contributed by atoms with van der Waals surface area (Å²) in [6.07, 6.45) is 0. The molecule has 4 nitrogen and oxygen atoms in total. The quantitative estimate of drug-likeness (QED) is 0.726. The van der Waals surface area contributed by atoms with Gasteiger partial charge in [0.05, 0.1) is 6.61 Å². The Morgan fingerprint density at radius 3 is 2.60 bits per heavy atom. The van der Waals surface area contributed by atoms with Crippen molar-refractivity contribution in [2.45, 2.75) is 27.3 Å². The summed E-state index contributed by atoms with van der Waals surface area (Å²) in [6, 6.07) is 10.3. The van der Waals surface area contributed by atoms with Crippen molar-refractivity contribution >= 4 is 5.91 Å². The van der Waals surface area contributed by atoms with Crippen molar-refractivity contribution in [3.05, 3.63) is 35.9 Å². The van der Waals surface area contributed by atoms with E-state index in [-0.39, 0.29) is 17.9 Å². The monoisotopic (exact) mass is 278 g/mol. The Hall–Kier alpha value is -1.39. The Bertz CT molecular complexity index is 391. The maximum atomic E-state index is 11.3. The number of likely N-dealkylation sites (N-methyl/N-ethyl adjacent to an activating group) is 1. The van der Waals surface area contributed by atoms with Crippen LogP contribution in [0.4, 0.5) is 0 Å². The number of hydrogen-bond donors (Lipinski definition) is 2. The van der Waals surface area contributed by atoms with E-state index in [1.54, 1.807) is 0 Å². The van der Waals surface area contributed by atoms with Gasteiger partial charge < -0.3 is 15.4 Å². The Kier molecular flexibility index (Phi) is 7.26. The van der Waals surface area contributed by atoms with Crippen molar-refractivity contribution in [3.8, 4) is 0 Å². The van der Waals surface area contributed by atoms with E-state index in [2.05, 4.69) is 36.6 Å². The first-order valence-electron chi connectivity index (χ1n) is 7.12. The molecule has 0 heterocycles. The van der Waals surface area contributed by atoms with Crippen LogP contribution in [0.2, 0.25) is 0 Å². The number of carbonyl (C=O) groups is 1. The zero-order valence-electron chi connectivity index (χ0n) is 12.7. The lowest BCUT2D eigenvalue weighted by Gasteiger charge is -2.24. The molecule has 0 atom stereocenters. The van der Waals surface area contributed by atoms with Crippen molar-refractivity contribution in [1.29, 1.82) is 0 Å². The molecule has 0 aliphatic carbocycles. The largest absolute Gasteiger partial charge is 0.371 e. The van der Waals surface area contributed by atoms with Crippen molar-refractivity contribution in [3.63, 3.8) is 0 Å². The van der Waals surface area contributed by atoms with Gasteiger partial charge in [-0.3, -0.25) is 4.79 Å². The number of amides is 1. The summed E-state index contributed by atoms with van der Waals surface area (Å²) in [5, 5.41) is 6.14. The highest BCUT2D eigenvalue weighted by atomic mass is 16.5. The van der Waals surface area contributed by atoms with Crippen LogP contribution in [0.5, 0.6) is 0 Å². The molecule has 1 rings (SSSR count). The molecule has 0 radical (unpaired) electrons. The van der Waals surface area contributed by atoms with Gasteiger partial charge in [-0.25, -0.2) is 0 Å². The van der Waals surface area contributed by atoms with Crippen LogP contribution in [0.3, 0.4) is 0 Å². The molecule has 0 saturated carbocycles. The molecule has 20 heavy (non-hydrogen) atoms. The zero-order valence-corrected chi connectivity index (χ0v) is 12.7. The molecule has 0 saturated heterocycles. The van der Waals surface area contributed by atoms with E-state index in [4.69, 9.17) is 4.74 Å². The summed E-state index contributed by atoms with van der Waals surface area (Å²) >= 11 is 0. The van der Waals surface area contributed by atoms with E-state index < -0.39 is 0 Å². The minimum absolute atomic E-state index is 0.00126. The number of ether oxygens (including phenoxy) is 1. The normalized spacial score (nSPS) is 11.3. The van der Waals surface area contributed by atoms with Gasteiger partial charge in [-0.1, -0.05) is 44.2 Å². The fourth-order valence-electron chi connectivity index (χ4n) is 1.86. The molecule has 0 bridgehead atoms. The van der Waals surface area contributed by atoms with Crippen LogP contribution in [-0.4, -0.2) is 32.2 Å². The van der Waals surface area contributed by atoms with Crippen LogP contribution in [0.15, 0.2) is 30.3 Å². The summed E-state index contributed by atoms with van der Waals surface area (Å²) in [6.45, 7) is 9.19. The first-order valence-corrected chi connectivity index (χ1v) is 7.12. The van der Waals surface area contributed by atoms with Crippen molar-refractivity contribution in [1.82, 2.24) is 10.6 Å². The highest BCUT2D eigenvalue weighted by Gasteiger charge is 2.18. The second kappa shape index (κ2) is 8.72. The van der Waals surface area contributed by atoms with Crippen LogP contribution < -0.4 is 10.6 Å². The zero-order chi connectivity index (χ0) is 14.8. The molecule has 0 fully saturated rings. The third kappa shape index (κ3) is 7.26. The molecule has 0 unspecified atom stereocenters. The van der Waals surface area contributed by atoms with E-state index in [9.17, 15) is 4.79 Å². The Morgan fingerprint density at radius 1 is 1.25 bits per heavy atom. The van der Waals surface area contributed by atoms with Crippen molar-refractivity contribution < 1.29 is 9.53 Å². The third-order valence-corrected chi connectivity index (χ3v) is 2.88. The van der Waals surface area contributed by atoms with E-state index in [1.165, 1.54) is 5.56 Å². The average molecular weight is 278 g/mol. The minimum Gasteiger partial charge on any atom is -0.371 e. The number of carbonyl (C=O) groups excluding carboxylic acids is 1. The number of hydrogen-bond acceptors (Lipinski definition) is 3. The van der Waals surface area contributed by atoms with Crippen LogP contribution in [-0.2, 0) is 16.1 Å². The standard InChI is InChI=1S/C16H26N2O2/c1-4-18-15(19)11-20-13-16(2,3)12-17-10-14-8-6-5-7-9-14/h5-9,17H,4,10-13H2,1-3H3,(H,18,19). The molecule has 1 amide bonds. The van der Waals surface area contributed by atoms with Gasteiger partial charge in [-0.05, 0) is 12.5 Å². The van der Waals surface area contributed by atoms with Crippen LogP contribution >= 0.6 is 0 Å². The molecule has 0 spiro atoms. The maximum absolute atomic E-state index is 11.3. The smallest absolute Gasteiger partial charge is 0.245 e. The predicted octanol–water partition coefficient (Wildman–Crippen LogP) is 1.96. The second-order valence-corrected chi connectivity index (χ2v) is 5.70. The first-order chi connectivity index (χ1) is 9.53. The molecule has 4 heteroatoms. The molecule has 0 aliphatic heterocycles. The lowest BCUT2D eigenvalue weighted by atomic mass is 9.95. The predicted molar refractivity (Wildman–Crippen MR) is 81.4 cm³/mol. The fourth-order valence-corrected chi connectivity index (χ4v) is 1.86. The molecule has 0 aliphatic rings. The van der Waals surface area contributed by atoms with Gasteiger partial charge in [0, 0.05) is 25.0 Å². The molecular weight excluding hydrogens is 252 g/mol. The summed E-state index contributed by atoms with van der Waals surface area (Å²) in [5.41, 5.74) is 1.27. The summed E-state index contributed by atoms with van der Waals surface area (Å²) in [7, 11) is 0. The molecular formula is C16H26N2O2.